The summed E-state index contributed by atoms with van der Waals surface area (Å²) in [5.74, 6) is 0. The molecule has 17 heavy (non-hydrogen) atoms. The molecule has 0 aliphatic carbocycles. The highest BCUT2D eigenvalue weighted by Gasteiger charge is 2.08. The van der Waals surface area contributed by atoms with Crippen molar-refractivity contribution in [3.8, 4) is 0 Å². The molecule has 2 aromatic rings. The van der Waals surface area contributed by atoms with Crippen molar-refractivity contribution >= 4 is 17.2 Å². The van der Waals surface area contributed by atoms with Crippen LogP contribution < -0.4 is 5.32 Å². The Hall–Kier alpha value is -1.61. The molecule has 1 aromatic carbocycles. The first kappa shape index (κ1) is 11.9. The SMILES string of the molecule is CNCCC(C)n1ccc2ccc(C=O)cc21. The first-order valence-electron chi connectivity index (χ1n) is 5.96. The van der Waals surface area contributed by atoms with E-state index in [-0.39, 0.29) is 0 Å². The van der Waals surface area contributed by atoms with Gasteiger partial charge < -0.3 is 9.88 Å². The summed E-state index contributed by atoms with van der Waals surface area (Å²) in [6, 6.07) is 8.35. The molecular formula is C14H18N2O. The van der Waals surface area contributed by atoms with Crippen molar-refractivity contribution in [1.82, 2.24) is 9.88 Å². The van der Waals surface area contributed by atoms with Gasteiger partial charge in [0.1, 0.15) is 6.29 Å². The van der Waals surface area contributed by atoms with Gasteiger partial charge in [0.2, 0.25) is 0 Å². The molecule has 0 aliphatic rings. The molecule has 1 N–H and O–H groups in total. The minimum atomic E-state index is 0.432. The van der Waals surface area contributed by atoms with Crippen LogP contribution in [0.1, 0.15) is 29.7 Å². The predicted molar refractivity (Wildman–Crippen MR) is 70.6 cm³/mol. The van der Waals surface area contributed by atoms with Crippen LogP contribution in [0.4, 0.5) is 0 Å². The molecule has 0 radical (unpaired) electrons. The van der Waals surface area contributed by atoms with E-state index < -0.39 is 0 Å². The second-order valence-corrected chi connectivity index (χ2v) is 4.40. The smallest absolute Gasteiger partial charge is 0.150 e. The van der Waals surface area contributed by atoms with Crippen LogP contribution in [0.25, 0.3) is 10.9 Å². The van der Waals surface area contributed by atoms with Gasteiger partial charge in [-0.2, -0.15) is 0 Å². The third-order valence-electron chi connectivity index (χ3n) is 3.17. The van der Waals surface area contributed by atoms with Crippen molar-refractivity contribution in [2.75, 3.05) is 13.6 Å². The molecule has 1 aromatic heterocycles. The van der Waals surface area contributed by atoms with Crippen molar-refractivity contribution in [2.45, 2.75) is 19.4 Å². The topological polar surface area (TPSA) is 34.0 Å². The van der Waals surface area contributed by atoms with Gasteiger partial charge in [0.25, 0.3) is 0 Å². The Bertz CT molecular complexity index is 516. The van der Waals surface area contributed by atoms with Gasteiger partial charge in [-0.3, -0.25) is 4.79 Å². The minimum Gasteiger partial charge on any atom is -0.345 e. The van der Waals surface area contributed by atoms with Gasteiger partial charge in [-0.25, -0.2) is 0 Å². The zero-order valence-electron chi connectivity index (χ0n) is 10.3. The number of nitrogens with zero attached hydrogens (tertiary/aromatic N) is 1. The lowest BCUT2D eigenvalue weighted by Crippen LogP contribution is -2.14. The minimum absolute atomic E-state index is 0.432. The molecule has 2 rings (SSSR count). The van der Waals surface area contributed by atoms with Crippen LogP contribution in [-0.4, -0.2) is 24.4 Å². The van der Waals surface area contributed by atoms with Crippen LogP contribution in [0.3, 0.4) is 0 Å². The number of aromatic nitrogens is 1. The van der Waals surface area contributed by atoms with Crippen molar-refractivity contribution in [3.05, 3.63) is 36.0 Å². The van der Waals surface area contributed by atoms with E-state index in [1.807, 2.05) is 25.2 Å². The van der Waals surface area contributed by atoms with Gasteiger partial charge >= 0.3 is 0 Å². The molecule has 3 nitrogen and oxygen atoms in total. The summed E-state index contributed by atoms with van der Waals surface area (Å²) < 4.78 is 2.24. The fraction of sp³-hybridized carbons (Fsp3) is 0.357. The van der Waals surface area contributed by atoms with Crippen LogP contribution >= 0.6 is 0 Å². The summed E-state index contributed by atoms with van der Waals surface area (Å²) in [5, 5.41) is 4.35. The van der Waals surface area contributed by atoms with Gasteiger partial charge in [-0.15, -0.1) is 0 Å². The van der Waals surface area contributed by atoms with Crippen molar-refractivity contribution in [1.29, 1.82) is 0 Å². The Morgan fingerprint density at radius 2 is 2.24 bits per heavy atom. The number of nitrogens with one attached hydrogen (secondary N) is 1. The summed E-state index contributed by atoms with van der Waals surface area (Å²) in [6.07, 6.45) is 4.07. The number of carbonyl (C=O) groups is 1. The number of benzene rings is 1. The molecule has 3 heteroatoms. The summed E-state index contributed by atoms with van der Waals surface area (Å²) in [6.45, 7) is 3.19. The van der Waals surface area contributed by atoms with E-state index in [9.17, 15) is 4.79 Å². The second kappa shape index (κ2) is 5.15. The van der Waals surface area contributed by atoms with Crippen LogP contribution in [-0.2, 0) is 0 Å². The zero-order chi connectivity index (χ0) is 12.3. The maximum Gasteiger partial charge on any atom is 0.150 e. The molecule has 0 bridgehead atoms. The maximum absolute atomic E-state index is 10.8. The number of rotatable bonds is 5. The molecule has 1 heterocycles. The van der Waals surface area contributed by atoms with Gasteiger partial charge in [-0.05, 0) is 44.5 Å². The highest BCUT2D eigenvalue weighted by Crippen LogP contribution is 2.22. The van der Waals surface area contributed by atoms with E-state index >= 15 is 0 Å². The van der Waals surface area contributed by atoms with Gasteiger partial charge in [0.15, 0.2) is 0 Å². The van der Waals surface area contributed by atoms with Gasteiger partial charge in [0.05, 0.1) is 0 Å². The van der Waals surface area contributed by atoms with Crippen LogP contribution in [0.2, 0.25) is 0 Å². The Morgan fingerprint density at radius 3 is 2.94 bits per heavy atom. The van der Waals surface area contributed by atoms with E-state index in [1.54, 1.807) is 0 Å². The molecule has 0 saturated carbocycles. The summed E-state index contributed by atoms with van der Waals surface area (Å²) >= 11 is 0. The third-order valence-corrected chi connectivity index (χ3v) is 3.17. The average Bonchev–Trinajstić information content (AvgIpc) is 2.78. The van der Waals surface area contributed by atoms with Crippen LogP contribution in [0.15, 0.2) is 30.5 Å². The van der Waals surface area contributed by atoms with E-state index in [2.05, 4.69) is 29.1 Å². The van der Waals surface area contributed by atoms with Crippen molar-refractivity contribution in [2.24, 2.45) is 0 Å². The molecular weight excluding hydrogens is 212 g/mol. The number of aldehydes is 1. The first-order chi connectivity index (χ1) is 8.26. The Balaban J connectivity index is 2.36. The molecule has 0 saturated heterocycles. The first-order valence-corrected chi connectivity index (χ1v) is 5.96. The lowest BCUT2D eigenvalue weighted by Gasteiger charge is -2.15. The summed E-state index contributed by atoms with van der Waals surface area (Å²) in [7, 11) is 1.96. The number of hydrogen-bond acceptors (Lipinski definition) is 2. The Morgan fingerprint density at radius 1 is 1.41 bits per heavy atom. The number of carbonyl (C=O) groups excluding carboxylic acids is 1. The van der Waals surface area contributed by atoms with Gasteiger partial charge in [-0.1, -0.05) is 12.1 Å². The van der Waals surface area contributed by atoms with E-state index in [4.69, 9.17) is 0 Å². The predicted octanol–water partition coefficient (Wildman–Crippen LogP) is 2.62. The van der Waals surface area contributed by atoms with Crippen LogP contribution in [0.5, 0.6) is 0 Å². The number of fused-ring (bicyclic) bond motifs is 1. The second-order valence-electron chi connectivity index (χ2n) is 4.40. The zero-order valence-corrected chi connectivity index (χ0v) is 10.3. The third kappa shape index (κ3) is 2.39. The molecule has 1 unspecified atom stereocenters. The van der Waals surface area contributed by atoms with Crippen molar-refractivity contribution in [3.63, 3.8) is 0 Å². The lowest BCUT2D eigenvalue weighted by molar-refractivity contribution is 0.112. The lowest BCUT2D eigenvalue weighted by atomic mass is 10.1. The molecule has 90 valence electrons. The molecule has 0 aliphatic heterocycles. The highest BCUT2D eigenvalue weighted by molar-refractivity contribution is 5.87. The Labute approximate surface area is 101 Å². The molecule has 0 spiro atoms. The molecule has 0 amide bonds. The molecule has 1 atom stereocenters. The maximum atomic E-state index is 10.8. The van der Waals surface area contributed by atoms with Gasteiger partial charge in [0, 0.05) is 23.3 Å². The summed E-state index contributed by atoms with van der Waals surface area (Å²) in [5.41, 5.74) is 1.87. The molecule has 0 fully saturated rings. The van der Waals surface area contributed by atoms with Crippen LogP contribution in [0, 0.1) is 0 Å². The quantitative estimate of drug-likeness (QED) is 0.801. The van der Waals surface area contributed by atoms with E-state index in [1.165, 1.54) is 5.39 Å². The Kier molecular flexibility index (Phi) is 3.59. The fourth-order valence-electron chi connectivity index (χ4n) is 2.12. The normalized spacial score (nSPS) is 12.8. The number of hydrogen-bond donors (Lipinski definition) is 1. The van der Waals surface area contributed by atoms with Crippen molar-refractivity contribution < 1.29 is 4.79 Å². The standard InChI is InChI=1S/C14H18N2O/c1-11(5-7-15-2)16-8-6-13-4-3-12(10-17)9-14(13)16/h3-4,6,8-11,15H,5,7H2,1-2H3. The largest absolute Gasteiger partial charge is 0.345 e. The monoisotopic (exact) mass is 230 g/mol. The fourth-order valence-corrected chi connectivity index (χ4v) is 2.12. The highest BCUT2D eigenvalue weighted by atomic mass is 16.1. The summed E-state index contributed by atoms with van der Waals surface area (Å²) in [4.78, 5) is 10.8. The van der Waals surface area contributed by atoms with E-state index in [0.29, 0.717) is 6.04 Å². The average molecular weight is 230 g/mol. The van der Waals surface area contributed by atoms with E-state index in [0.717, 1.165) is 30.3 Å².